The number of carbonyl (C=O) groups is 1. The fraction of sp³-hybridized carbons (Fsp3) is 0.522. The highest BCUT2D eigenvalue weighted by Crippen LogP contribution is 2.38. The van der Waals surface area contributed by atoms with Gasteiger partial charge in [0.05, 0.1) is 12.7 Å². The van der Waals surface area contributed by atoms with Crippen molar-refractivity contribution in [3.8, 4) is 0 Å². The zero-order valence-corrected chi connectivity index (χ0v) is 19.9. The molecule has 3 heterocycles. The first kappa shape index (κ1) is 22.5. The Labute approximate surface area is 188 Å². The summed E-state index contributed by atoms with van der Waals surface area (Å²) in [6.07, 6.45) is 4.45. The molecule has 0 radical (unpaired) electrons. The smallest absolute Gasteiger partial charge is 0.340 e. The number of piperidine rings is 1. The maximum absolute atomic E-state index is 13.4. The second-order valence-electron chi connectivity index (χ2n) is 8.25. The Hall–Kier alpha value is -1.74. The number of thiophene rings is 1. The number of benzene rings is 1. The van der Waals surface area contributed by atoms with Crippen molar-refractivity contribution in [2.24, 2.45) is 0 Å². The molecular formula is C23H30N2O4S2. The summed E-state index contributed by atoms with van der Waals surface area (Å²) in [6.45, 7) is 5.42. The van der Waals surface area contributed by atoms with E-state index in [1.165, 1.54) is 33.9 Å². The molecule has 2 aliphatic rings. The van der Waals surface area contributed by atoms with Crippen LogP contribution in [0.4, 0.5) is 0 Å². The third-order valence-electron chi connectivity index (χ3n) is 6.22. The summed E-state index contributed by atoms with van der Waals surface area (Å²) in [6, 6.07) is 8.65. The van der Waals surface area contributed by atoms with Gasteiger partial charge < -0.3 is 4.74 Å². The lowest BCUT2D eigenvalue weighted by Crippen LogP contribution is -2.36. The largest absolute Gasteiger partial charge is 0.465 e. The lowest BCUT2D eigenvalue weighted by molar-refractivity contribution is 0.0595. The van der Waals surface area contributed by atoms with Crippen molar-refractivity contribution in [1.82, 2.24) is 9.21 Å². The van der Waals surface area contributed by atoms with Gasteiger partial charge in [0.15, 0.2) is 0 Å². The van der Waals surface area contributed by atoms with Gasteiger partial charge in [-0.15, -0.1) is 11.3 Å². The molecule has 1 saturated heterocycles. The number of rotatable bonds is 6. The van der Waals surface area contributed by atoms with Crippen LogP contribution >= 0.6 is 11.3 Å². The van der Waals surface area contributed by atoms with Crippen LogP contribution in [0.3, 0.4) is 0 Å². The highest BCUT2D eigenvalue weighted by molar-refractivity contribution is 7.91. The van der Waals surface area contributed by atoms with Crippen LogP contribution in [0.5, 0.6) is 0 Å². The highest BCUT2D eigenvalue weighted by atomic mass is 32.2. The monoisotopic (exact) mass is 462 g/mol. The summed E-state index contributed by atoms with van der Waals surface area (Å²) < 4.78 is 33.5. The number of methoxy groups -OCH3 is 1. The lowest BCUT2D eigenvalue weighted by Gasteiger charge is -2.27. The van der Waals surface area contributed by atoms with Crippen LogP contribution in [0, 0.1) is 0 Å². The molecule has 0 spiro atoms. The van der Waals surface area contributed by atoms with Gasteiger partial charge in [0.2, 0.25) is 0 Å². The molecule has 1 fully saturated rings. The molecule has 2 aromatic rings. The number of nitrogens with zero attached hydrogens (tertiary/aromatic N) is 2. The van der Waals surface area contributed by atoms with Crippen molar-refractivity contribution in [2.45, 2.75) is 56.3 Å². The first-order chi connectivity index (χ1) is 14.9. The van der Waals surface area contributed by atoms with E-state index in [0.717, 1.165) is 49.2 Å². The molecule has 4 rings (SSSR count). The molecule has 31 heavy (non-hydrogen) atoms. The number of ether oxygens (including phenoxy) is 1. The molecular weight excluding hydrogens is 432 g/mol. The van der Waals surface area contributed by atoms with Gasteiger partial charge in [-0.1, -0.05) is 37.6 Å². The van der Waals surface area contributed by atoms with Crippen LogP contribution in [0.15, 0.2) is 28.5 Å². The quantitative estimate of drug-likeness (QED) is 0.611. The summed E-state index contributed by atoms with van der Waals surface area (Å²) in [5.41, 5.74) is 3.68. The molecule has 1 aromatic heterocycles. The fourth-order valence-corrected chi connectivity index (χ4v) is 8.00. The predicted molar refractivity (Wildman–Crippen MR) is 122 cm³/mol. The molecule has 0 bridgehead atoms. The van der Waals surface area contributed by atoms with Gasteiger partial charge in [0.25, 0.3) is 10.0 Å². The Bertz CT molecular complexity index is 1040. The molecule has 8 heteroatoms. The van der Waals surface area contributed by atoms with Crippen LogP contribution in [0.1, 0.15) is 58.1 Å². The van der Waals surface area contributed by atoms with E-state index in [2.05, 4.69) is 36.1 Å². The molecule has 2 aliphatic heterocycles. The van der Waals surface area contributed by atoms with Crippen LogP contribution in [-0.2, 0) is 40.7 Å². The minimum Gasteiger partial charge on any atom is -0.465 e. The maximum Gasteiger partial charge on any atom is 0.340 e. The molecule has 1 aromatic carbocycles. The van der Waals surface area contributed by atoms with Crippen molar-refractivity contribution < 1.29 is 17.9 Å². The van der Waals surface area contributed by atoms with Gasteiger partial charge in [-0.2, -0.15) is 4.31 Å². The maximum atomic E-state index is 13.4. The minimum atomic E-state index is -3.69. The van der Waals surface area contributed by atoms with E-state index in [4.69, 9.17) is 4.74 Å². The average Bonchev–Trinajstić information content (AvgIpc) is 3.19. The molecule has 0 unspecified atom stereocenters. The lowest BCUT2D eigenvalue weighted by atomic mass is 10.0. The number of sulfonamides is 1. The minimum absolute atomic E-state index is 0.167. The van der Waals surface area contributed by atoms with Gasteiger partial charge >= 0.3 is 5.97 Å². The van der Waals surface area contributed by atoms with Crippen LogP contribution in [-0.4, -0.2) is 50.3 Å². The summed E-state index contributed by atoms with van der Waals surface area (Å²) in [5, 5.41) is 0. The van der Waals surface area contributed by atoms with E-state index in [1.54, 1.807) is 0 Å². The number of aryl methyl sites for hydroxylation is 1. The Kier molecular flexibility index (Phi) is 6.81. The zero-order valence-electron chi connectivity index (χ0n) is 18.2. The molecule has 0 amide bonds. The number of esters is 1. The Morgan fingerprint density at radius 3 is 2.39 bits per heavy atom. The van der Waals surface area contributed by atoms with E-state index in [9.17, 15) is 13.2 Å². The Morgan fingerprint density at radius 1 is 1.06 bits per heavy atom. The Morgan fingerprint density at radius 2 is 1.74 bits per heavy atom. The number of fused-ring (bicyclic) bond motifs is 1. The van der Waals surface area contributed by atoms with Crippen molar-refractivity contribution >= 4 is 27.3 Å². The second-order valence-corrected chi connectivity index (χ2v) is 11.5. The van der Waals surface area contributed by atoms with Gasteiger partial charge in [-0.25, -0.2) is 13.2 Å². The summed E-state index contributed by atoms with van der Waals surface area (Å²) >= 11 is 1.25. The van der Waals surface area contributed by atoms with Crippen molar-refractivity contribution in [3.63, 3.8) is 0 Å². The number of hydrogen-bond acceptors (Lipinski definition) is 6. The van der Waals surface area contributed by atoms with Crippen LogP contribution < -0.4 is 0 Å². The topological polar surface area (TPSA) is 66.9 Å². The SMILES string of the molecule is CCc1ccc(CN2CCc3c(sc(S(=O)(=O)N4CCCCC4)c3C(=O)OC)C2)cc1. The average molecular weight is 463 g/mol. The van der Waals surface area contributed by atoms with E-state index in [1.807, 2.05) is 0 Å². The normalized spacial score (nSPS) is 18.0. The van der Waals surface area contributed by atoms with E-state index < -0.39 is 16.0 Å². The van der Waals surface area contributed by atoms with Crippen molar-refractivity contribution in [2.75, 3.05) is 26.7 Å². The predicted octanol–water partition coefficient (Wildman–Crippen LogP) is 3.83. The van der Waals surface area contributed by atoms with E-state index in [-0.39, 0.29) is 9.77 Å². The molecule has 0 saturated carbocycles. The summed E-state index contributed by atoms with van der Waals surface area (Å²) in [7, 11) is -2.38. The molecule has 0 atom stereocenters. The van der Waals surface area contributed by atoms with Gasteiger partial charge in [0.1, 0.15) is 4.21 Å². The van der Waals surface area contributed by atoms with Crippen LogP contribution in [0.25, 0.3) is 0 Å². The molecule has 0 N–H and O–H groups in total. The zero-order chi connectivity index (χ0) is 22.0. The molecule has 6 nitrogen and oxygen atoms in total. The highest BCUT2D eigenvalue weighted by Gasteiger charge is 2.37. The first-order valence-corrected chi connectivity index (χ1v) is 13.2. The molecule has 0 aliphatic carbocycles. The van der Waals surface area contributed by atoms with E-state index in [0.29, 0.717) is 26.1 Å². The van der Waals surface area contributed by atoms with Crippen molar-refractivity contribution in [1.29, 1.82) is 0 Å². The first-order valence-electron chi connectivity index (χ1n) is 11.0. The Balaban J connectivity index is 1.62. The van der Waals surface area contributed by atoms with E-state index >= 15 is 0 Å². The van der Waals surface area contributed by atoms with Gasteiger partial charge in [0, 0.05) is 37.6 Å². The third-order valence-corrected chi connectivity index (χ3v) is 9.83. The standard InChI is InChI=1S/C23H30N2O4S2/c1-3-17-7-9-18(10-8-17)15-24-14-11-19-20(16-24)30-23(21(19)22(26)29-2)31(27,28)25-12-5-4-6-13-25/h7-10H,3-6,11-16H2,1-2H3. The summed E-state index contributed by atoms with van der Waals surface area (Å²) in [4.78, 5) is 15.9. The van der Waals surface area contributed by atoms with Crippen molar-refractivity contribution in [3.05, 3.63) is 51.4 Å². The second kappa shape index (κ2) is 9.40. The fourth-order valence-electron chi connectivity index (χ4n) is 4.42. The van der Waals surface area contributed by atoms with Crippen LogP contribution in [0.2, 0.25) is 0 Å². The summed E-state index contributed by atoms with van der Waals surface area (Å²) in [5.74, 6) is -0.545. The molecule has 168 valence electrons. The third kappa shape index (κ3) is 4.58. The number of hydrogen-bond donors (Lipinski definition) is 0. The van der Waals surface area contributed by atoms with Gasteiger partial charge in [-0.05, 0) is 42.4 Å². The van der Waals surface area contributed by atoms with Gasteiger partial charge in [-0.3, -0.25) is 4.90 Å². The number of carbonyl (C=O) groups excluding carboxylic acids is 1.